The van der Waals surface area contributed by atoms with E-state index in [0.717, 1.165) is 12.0 Å². The summed E-state index contributed by atoms with van der Waals surface area (Å²) in [7, 11) is 0. The molecule has 102 valence electrons. The third-order valence-corrected chi connectivity index (χ3v) is 4.28. The van der Waals surface area contributed by atoms with Gasteiger partial charge in [-0.2, -0.15) is 0 Å². The number of nitrogens with two attached hydrogens (primary N) is 1. The number of halogens is 3. The SMILES string of the molecule is CCC(N)C(O)CC(C)c1c(Cl)ccc(Cl)c1Cl. The molecule has 0 saturated heterocycles. The Balaban J connectivity index is 2.91. The molecule has 0 aliphatic carbocycles. The largest absolute Gasteiger partial charge is 0.391 e. The minimum atomic E-state index is -0.573. The Labute approximate surface area is 123 Å². The smallest absolute Gasteiger partial charge is 0.0696 e. The number of hydrogen-bond acceptors (Lipinski definition) is 2. The van der Waals surface area contributed by atoms with Gasteiger partial charge in [0.2, 0.25) is 0 Å². The fourth-order valence-electron chi connectivity index (χ4n) is 1.92. The van der Waals surface area contributed by atoms with E-state index in [1.807, 2.05) is 13.8 Å². The Morgan fingerprint density at radius 1 is 1.22 bits per heavy atom. The maximum atomic E-state index is 9.96. The second-order valence-corrected chi connectivity index (χ2v) is 5.73. The van der Waals surface area contributed by atoms with E-state index < -0.39 is 6.10 Å². The standard InChI is InChI=1S/C13H18Cl3NO/c1-3-10(17)11(18)6-7(2)12-8(14)4-5-9(15)13(12)16/h4-5,7,10-11,18H,3,6,17H2,1-2H3. The quantitative estimate of drug-likeness (QED) is 0.799. The predicted octanol–water partition coefficient (Wildman–Crippen LogP) is 4.24. The zero-order chi connectivity index (χ0) is 13.9. The molecule has 0 fully saturated rings. The maximum Gasteiger partial charge on any atom is 0.0696 e. The highest BCUT2D eigenvalue weighted by Gasteiger charge is 2.21. The fourth-order valence-corrected chi connectivity index (χ4v) is 2.83. The van der Waals surface area contributed by atoms with Gasteiger partial charge in [0.05, 0.1) is 16.1 Å². The molecular formula is C13H18Cl3NO. The lowest BCUT2D eigenvalue weighted by atomic mass is 9.91. The number of aliphatic hydroxyl groups is 1. The maximum absolute atomic E-state index is 9.96. The molecule has 0 bridgehead atoms. The van der Waals surface area contributed by atoms with Crippen LogP contribution in [0.2, 0.25) is 15.1 Å². The molecule has 18 heavy (non-hydrogen) atoms. The van der Waals surface area contributed by atoms with E-state index in [4.69, 9.17) is 40.5 Å². The molecule has 3 unspecified atom stereocenters. The lowest BCUT2D eigenvalue weighted by molar-refractivity contribution is 0.126. The van der Waals surface area contributed by atoms with Crippen LogP contribution in [0.25, 0.3) is 0 Å². The van der Waals surface area contributed by atoms with Crippen molar-refractivity contribution in [2.45, 2.75) is 44.8 Å². The normalized spacial score (nSPS) is 16.4. The van der Waals surface area contributed by atoms with E-state index >= 15 is 0 Å². The first-order chi connectivity index (χ1) is 8.38. The molecule has 1 rings (SSSR count). The lowest BCUT2D eigenvalue weighted by Gasteiger charge is -2.23. The van der Waals surface area contributed by atoms with Crippen LogP contribution in [-0.2, 0) is 0 Å². The molecule has 0 saturated carbocycles. The molecule has 0 radical (unpaired) electrons. The molecule has 0 aromatic heterocycles. The van der Waals surface area contributed by atoms with Crippen LogP contribution in [0.5, 0.6) is 0 Å². The number of aliphatic hydroxyl groups excluding tert-OH is 1. The highest BCUT2D eigenvalue weighted by atomic mass is 35.5. The Bertz CT molecular complexity index is 411. The van der Waals surface area contributed by atoms with Crippen LogP contribution in [0.4, 0.5) is 0 Å². The highest BCUT2D eigenvalue weighted by molar-refractivity contribution is 6.44. The Morgan fingerprint density at radius 2 is 1.78 bits per heavy atom. The van der Waals surface area contributed by atoms with Gasteiger partial charge in [0, 0.05) is 11.1 Å². The van der Waals surface area contributed by atoms with Crippen molar-refractivity contribution in [3.05, 3.63) is 32.8 Å². The first kappa shape index (κ1) is 16.1. The number of benzene rings is 1. The molecule has 5 heteroatoms. The van der Waals surface area contributed by atoms with E-state index in [1.54, 1.807) is 12.1 Å². The summed E-state index contributed by atoms with van der Waals surface area (Å²) in [6, 6.07) is 3.15. The van der Waals surface area contributed by atoms with E-state index in [2.05, 4.69) is 0 Å². The van der Waals surface area contributed by atoms with Crippen molar-refractivity contribution in [3.63, 3.8) is 0 Å². The number of rotatable bonds is 5. The fraction of sp³-hybridized carbons (Fsp3) is 0.538. The van der Waals surface area contributed by atoms with Crippen molar-refractivity contribution in [2.75, 3.05) is 0 Å². The van der Waals surface area contributed by atoms with Crippen molar-refractivity contribution < 1.29 is 5.11 Å². The van der Waals surface area contributed by atoms with Gasteiger partial charge in [0.1, 0.15) is 0 Å². The Hall–Kier alpha value is 0.01000. The highest BCUT2D eigenvalue weighted by Crippen LogP contribution is 2.38. The molecular weight excluding hydrogens is 293 g/mol. The Morgan fingerprint density at radius 3 is 2.33 bits per heavy atom. The molecule has 0 spiro atoms. The summed E-state index contributed by atoms with van der Waals surface area (Å²) in [5.41, 5.74) is 6.58. The van der Waals surface area contributed by atoms with E-state index in [1.165, 1.54) is 0 Å². The summed E-state index contributed by atoms with van der Waals surface area (Å²) in [6.45, 7) is 3.90. The zero-order valence-corrected chi connectivity index (χ0v) is 12.7. The van der Waals surface area contributed by atoms with Gasteiger partial charge in [-0.1, -0.05) is 48.7 Å². The van der Waals surface area contributed by atoms with Gasteiger partial charge in [-0.15, -0.1) is 0 Å². The summed E-state index contributed by atoms with van der Waals surface area (Å²) in [5, 5.41) is 11.4. The third kappa shape index (κ3) is 3.75. The minimum absolute atomic E-state index is 0.00343. The second-order valence-electron chi connectivity index (χ2n) is 4.53. The van der Waals surface area contributed by atoms with Crippen molar-refractivity contribution in [1.29, 1.82) is 0 Å². The van der Waals surface area contributed by atoms with Crippen LogP contribution >= 0.6 is 34.8 Å². The molecule has 1 aromatic rings. The number of hydrogen-bond donors (Lipinski definition) is 2. The molecule has 0 amide bonds. The average molecular weight is 311 g/mol. The monoisotopic (exact) mass is 309 g/mol. The van der Waals surface area contributed by atoms with Crippen LogP contribution in [0, 0.1) is 0 Å². The van der Waals surface area contributed by atoms with Crippen LogP contribution < -0.4 is 5.73 Å². The van der Waals surface area contributed by atoms with E-state index in [-0.39, 0.29) is 12.0 Å². The van der Waals surface area contributed by atoms with Gasteiger partial charge in [0.15, 0.2) is 0 Å². The van der Waals surface area contributed by atoms with Gasteiger partial charge in [-0.05, 0) is 36.5 Å². The molecule has 2 nitrogen and oxygen atoms in total. The molecule has 3 atom stereocenters. The van der Waals surface area contributed by atoms with Crippen LogP contribution in [0.15, 0.2) is 12.1 Å². The van der Waals surface area contributed by atoms with Gasteiger partial charge < -0.3 is 10.8 Å². The van der Waals surface area contributed by atoms with Gasteiger partial charge in [-0.25, -0.2) is 0 Å². The van der Waals surface area contributed by atoms with Crippen LogP contribution in [0.1, 0.15) is 38.2 Å². The third-order valence-electron chi connectivity index (χ3n) is 3.13. The molecule has 3 N–H and O–H groups in total. The van der Waals surface area contributed by atoms with Crippen molar-refractivity contribution >= 4 is 34.8 Å². The topological polar surface area (TPSA) is 46.2 Å². The summed E-state index contributed by atoms with van der Waals surface area (Å²) < 4.78 is 0. The summed E-state index contributed by atoms with van der Waals surface area (Å²) in [5.74, 6) is -0.00343. The van der Waals surface area contributed by atoms with Crippen molar-refractivity contribution in [1.82, 2.24) is 0 Å². The molecule has 1 aromatic carbocycles. The Kier molecular flexibility index (Phi) is 6.22. The van der Waals surface area contributed by atoms with Gasteiger partial charge in [-0.3, -0.25) is 0 Å². The molecule has 0 heterocycles. The lowest BCUT2D eigenvalue weighted by Crippen LogP contribution is -2.34. The first-order valence-corrected chi connectivity index (χ1v) is 7.08. The van der Waals surface area contributed by atoms with E-state index in [0.29, 0.717) is 21.5 Å². The van der Waals surface area contributed by atoms with Crippen molar-refractivity contribution in [2.24, 2.45) is 5.73 Å². The minimum Gasteiger partial charge on any atom is -0.391 e. The van der Waals surface area contributed by atoms with Gasteiger partial charge in [0.25, 0.3) is 0 Å². The van der Waals surface area contributed by atoms with Crippen LogP contribution in [-0.4, -0.2) is 17.3 Å². The van der Waals surface area contributed by atoms with E-state index in [9.17, 15) is 5.11 Å². The average Bonchev–Trinajstić information content (AvgIpc) is 2.33. The second kappa shape index (κ2) is 6.97. The summed E-state index contributed by atoms with van der Waals surface area (Å²) >= 11 is 18.3. The van der Waals surface area contributed by atoms with Crippen molar-refractivity contribution in [3.8, 4) is 0 Å². The summed E-state index contributed by atoms with van der Waals surface area (Å²) in [6.07, 6.45) is 0.663. The predicted molar refractivity (Wildman–Crippen MR) is 78.8 cm³/mol. The first-order valence-electron chi connectivity index (χ1n) is 5.95. The van der Waals surface area contributed by atoms with Crippen LogP contribution in [0.3, 0.4) is 0 Å². The molecule has 0 aliphatic rings. The van der Waals surface area contributed by atoms with Gasteiger partial charge >= 0.3 is 0 Å². The summed E-state index contributed by atoms with van der Waals surface area (Å²) in [4.78, 5) is 0. The molecule has 0 aliphatic heterocycles. The zero-order valence-electron chi connectivity index (χ0n) is 10.5.